The van der Waals surface area contributed by atoms with E-state index in [2.05, 4.69) is 129 Å². The number of thioether (sulfide) groups is 1. The van der Waals surface area contributed by atoms with Gasteiger partial charge in [-0.3, -0.25) is 0 Å². The predicted octanol–water partition coefficient (Wildman–Crippen LogP) is 9.39. The number of nitrogens with zero attached hydrogens (tertiary/aromatic N) is 2. The van der Waals surface area contributed by atoms with E-state index in [1.165, 1.54) is 16.7 Å². The van der Waals surface area contributed by atoms with Crippen molar-refractivity contribution in [3.63, 3.8) is 0 Å². The molecule has 8 heteroatoms. The van der Waals surface area contributed by atoms with Crippen molar-refractivity contribution in [2.75, 3.05) is 30.5 Å². The largest absolute Gasteiger partial charge is 0.321 e. The first-order valence-electron chi connectivity index (χ1n) is 13.8. The fraction of sp³-hybridized carbons (Fsp3) is 0.406. The third-order valence-corrected chi connectivity index (χ3v) is 12.4. The van der Waals surface area contributed by atoms with Gasteiger partial charge < -0.3 is 9.05 Å². The molecule has 0 bridgehead atoms. The fourth-order valence-corrected chi connectivity index (χ4v) is 10.0. The van der Waals surface area contributed by atoms with E-state index < -0.39 is 8.53 Å². The van der Waals surface area contributed by atoms with Crippen LogP contribution in [0.5, 0.6) is 0 Å². The van der Waals surface area contributed by atoms with Gasteiger partial charge in [0.1, 0.15) is 0 Å². The summed E-state index contributed by atoms with van der Waals surface area (Å²) in [4.78, 5) is 0. The van der Waals surface area contributed by atoms with E-state index in [0.29, 0.717) is 31.7 Å². The SMILES string of the molecule is CC(C)N(C(C)C)P(OCCC#N)OCCSSCCSC(c1ccccc1)(c1ccccc1)c1ccccc1. The van der Waals surface area contributed by atoms with Crippen LogP contribution in [0, 0.1) is 11.3 Å². The minimum absolute atomic E-state index is 0.272. The van der Waals surface area contributed by atoms with Crippen LogP contribution in [0.3, 0.4) is 0 Å². The number of rotatable bonds is 18. The Morgan fingerprint density at radius 3 is 1.60 bits per heavy atom. The lowest BCUT2D eigenvalue weighted by atomic mass is 9.84. The summed E-state index contributed by atoms with van der Waals surface area (Å²) < 4.78 is 14.2. The third kappa shape index (κ3) is 9.53. The van der Waals surface area contributed by atoms with Crippen molar-refractivity contribution in [3.05, 3.63) is 108 Å². The standard InChI is InChI=1S/C32H41N2O2PS3/c1-27(2)34(28(3)4)37(35-22-14-21-33)36-23-24-39-40-26-25-38-32(29-15-8-5-9-16-29,30-17-10-6-11-18-30)31-19-12-7-13-20-31/h5-13,15-20,27-28H,14,22-26H2,1-4H3. The van der Waals surface area contributed by atoms with Crippen molar-refractivity contribution in [1.29, 1.82) is 5.26 Å². The lowest BCUT2D eigenvalue weighted by Gasteiger charge is -2.35. The summed E-state index contributed by atoms with van der Waals surface area (Å²) in [6.45, 7) is 9.68. The van der Waals surface area contributed by atoms with Crippen LogP contribution in [0.1, 0.15) is 50.8 Å². The summed E-state index contributed by atoms with van der Waals surface area (Å²) in [5.74, 6) is 2.93. The van der Waals surface area contributed by atoms with Crippen LogP contribution in [0.4, 0.5) is 0 Å². The molecule has 3 aromatic carbocycles. The van der Waals surface area contributed by atoms with Gasteiger partial charge in [0.2, 0.25) is 0 Å². The summed E-state index contributed by atoms with van der Waals surface area (Å²) in [6.07, 6.45) is 0.380. The molecule has 0 aliphatic heterocycles. The van der Waals surface area contributed by atoms with Crippen molar-refractivity contribution >= 4 is 41.9 Å². The topological polar surface area (TPSA) is 45.5 Å². The average molecular weight is 613 g/mol. The maximum atomic E-state index is 8.91. The van der Waals surface area contributed by atoms with E-state index in [4.69, 9.17) is 14.3 Å². The van der Waals surface area contributed by atoms with Gasteiger partial charge in [-0.15, -0.1) is 11.8 Å². The molecule has 40 heavy (non-hydrogen) atoms. The molecule has 4 nitrogen and oxygen atoms in total. The molecule has 0 amide bonds. The van der Waals surface area contributed by atoms with Crippen molar-refractivity contribution in [1.82, 2.24) is 4.67 Å². The van der Waals surface area contributed by atoms with Gasteiger partial charge in [-0.2, -0.15) is 5.26 Å². The van der Waals surface area contributed by atoms with E-state index in [0.717, 1.165) is 17.3 Å². The maximum Gasteiger partial charge on any atom is 0.259 e. The summed E-state index contributed by atoms with van der Waals surface area (Å²) in [5, 5.41) is 8.91. The highest BCUT2D eigenvalue weighted by molar-refractivity contribution is 8.76. The first-order chi connectivity index (χ1) is 19.5. The Hall–Kier alpha value is -1.49. The molecule has 1 unspecified atom stereocenters. The minimum atomic E-state index is -1.18. The molecular formula is C32H41N2O2PS3. The normalized spacial score (nSPS) is 12.7. The highest BCUT2D eigenvalue weighted by atomic mass is 33.1. The first-order valence-corrected chi connectivity index (χ1v) is 18.4. The number of benzene rings is 3. The molecule has 214 valence electrons. The van der Waals surface area contributed by atoms with Crippen molar-refractivity contribution in [2.45, 2.75) is 50.9 Å². The number of hydrogen-bond donors (Lipinski definition) is 0. The zero-order chi connectivity index (χ0) is 28.6. The Morgan fingerprint density at radius 1 is 0.700 bits per heavy atom. The molecule has 0 spiro atoms. The molecule has 1 atom stereocenters. The fourth-order valence-electron chi connectivity index (χ4n) is 4.58. The van der Waals surface area contributed by atoms with Gasteiger partial charge in [0, 0.05) is 29.3 Å². The van der Waals surface area contributed by atoms with E-state index >= 15 is 0 Å². The molecule has 0 aliphatic rings. The van der Waals surface area contributed by atoms with Gasteiger partial charge in [-0.05, 0) is 44.4 Å². The van der Waals surface area contributed by atoms with Gasteiger partial charge in [0.05, 0.1) is 30.5 Å². The van der Waals surface area contributed by atoms with Crippen LogP contribution in [0.2, 0.25) is 0 Å². The molecule has 0 aromatic heterocycles. The maximum absolute atomic E-state index is 8.91. The molecule has 0 heterocycles. The summed E-state index contributed by atoms with van der Waals surface area (Å²) in [5.41, 5.74) is 3.90. The molecule has 0 N–H and O–H groups in total. The summed E-state index contributed by atoms with van der Waals surface area (Å²) >= 11 is 2.00. The predicted molar refractivity (Wildman–Crippen MR) is 178 cm³/mol. The zero-order valence-electron chi connectivity index (χ0n) is 23.9. The summed E-state index contributed by atoms with van der Waals surface area (Å²) in [7, 11) is 2.57. The second-order valence-electron chi connectivity index (χ2n) is 9.65. The average Bonchev–Trinajstić information content (AvgIpc) is 2.97. The van der Waals surface area contributed by atoms with Crippen LogP contribution in [-0.2, 0) is 13.8 Å². The van der Waals surface area contributed by atoms with Gasteiger partial charge in [-0.25, -0.2) is 4.67 Å². The van der Waals surface area contributed by atoms with E-state index in [1.54, 1.807) is 0 Å². The molecule has 0 aliphatic carbocycles. The molecule has 0 fully saturated rings. The van der Waals surface area contributed by atoms with Gasteiger partial charge >= 0.3 is 0 Å². The van der Waals surface area contributed by atoms with Crippen LogP contribution in [0.25, 0.3) is 0 Å². The lowest BCUT2D eigenvalue weighted by molar-refractivity contribution is 0.182. The second-order valence-corrected chi connectivity index (χ2v) is 15.1. The second kappa shape index (κ2) is 18.1. The van der Waals surface area contributed by atoms with Crippen LogP contribution < -0.4 is 0 Å². The van der Waals surface area contributed by atoms with E-state index in [1.807, 2.05) is 33.3 Å². The third-order valence-electron chi connectivity index (χ3n) is 6.14. The van der Waals surface area contributed by atoms with E-state index in [-0.39, 0.29) is 4.75 Å². The summed E-state index contributed by atoms with van der Waals surface area (Å²) in [6, 6.07) is 35.4. The van der Waals surface area contributed by atoms with Gasteiger partial charge in [0.15, 0.2) is 0 Å². The van der Waals surface area contributed by atoms with Crippen LogP contribution >= 0.6 is 41.9 Å². The van der Waals surface area contributed by atoms with Crippen molar-refractivity contribution in [3.8, 4) is 6.07 Å². The Morgan fingerprint density at radius 2 is 1.15 bits per heavy atom. The zero-order valence-corrected chi connectivity index (χ0v) is 27.3. The van der Waals surface area contributed by atoms with Crippen LogP contribution in [-0.4, -0.2) is 47.2 Å². The van der Waals surface area contributed by atoms with Crippen molar-refractivity contribution in [2.24, 2.45) is 0 Å². The van der Waals surface area contributed by atoms with Gasteiger partial charge in [-0.1, -0.05) is 113 Å². The van der Waals surface area contributed by atoms with Crippen LogP contribution in [0.15, 0.2) is 91.0 Å². The lowest BCUT2D eigenvalue weighted by Crippen LogP contribution is -2.33. The minimum Gasteiger partial charge on any atom is -0.321 e. The smallest absolute Gasteiger partial charge is 0.259 e. The number of nitriles is 1. The molecule has 0 radical (unpaired) electrons. The molecule has 0 saturated heterocycles. The van der Waals surface area contributed by atoms with E-state index in [9.17, 15) is 0 Å². The monoisotopic (exact) mass is 612 g/mol. The quantitative estimate of drug-likeness (QED) is 0.0614. The molecule has 3 aromatic rings. The molecule has 3 rings (SSSR count). The highest BCUT2D eigenvalue weighted by Gasteiger charge is 2.36. The molecular weight excluding hydrogens is 572 g/mol. The van der Waals surface area contributed by atoms with Gasteiger partial charge in [0.25, 0.3) is 8.53 Å². The number of hydrogen-bond acceptors (Lipinski definition) is 7. The van der Waals surface area contributed by atoms with Crippen molar-refractivity contribution < 1.29 is 9.05 Å². The first kappa shape index (κ1) is 33.0. The Labute approximate surface area is 255 Å². The Kier molecular flexibility index (Phi) is 15.0. The Bertz CT molecular complexity index is 1030. The molecule has 0 saturated carbocycles. The Balaban J connectivity index is 1.59. The highest BCUT2D eigenvalue weighted by Crippen LogP contribution is 2.49.